The van der Waals surface area contributed by atoms with Gasteiger partial charge >= 0.3 is 0 Å². The Morgan fingerprint density at radius 3 is 2.71 bits per heavy atom. The molecule has 0 bridgehead atoms. The van der Waals surface area contributed by atoms with Gasteiger partial charge in [-0.3, -0.25) is 18.6 Å². The van der Waals surface area contributed by atoms with Crippen LogP contribution < -0.4 is 11.1 Å². The average Bonchev–Trinajstić information content (AvgIpc) is 3.51. The lowest BCUT2D eigenvalue weighted by atomic mass is 10.2. The fourth-order valence-electron chi connectivity index (χ4n) is 3.46. The van der Waals surface area contributed by atoms with Crippen LogP contribution in [0.25, 0.3) is 16.6 Å². The van der Waals surface area contributed by atoms with Gasteiger partial charge in [0.15, 0.2) is 5.16 Å². The summed E-state index contributed by atoms with van der Waals surface area (Å²) in [5, 5.41) is 1.34. The minimum atomic E-state index is -0.0928. The van der Waals surface area contributed by atoms with Crippen LogP contribution in [0.15, 0.2) is 63.3 Å². The summed E-state index contributed by atoms with van der Waals surface area (Å²) in [5.74, 6) is 0.483. The molecule has 5 rings (SSSR count). The maximum absolute atomic E-state index is 12.9. The van der Waals surface area contributed by atoms with E-state index in [2.05, 4.69) is 4.98 Å². The molecule has 1 aliphatic rings. The van der Waals surface area contributed by atoms with E-state index >= 15 is 0 Å². The molecule has 0 spiro atoms. The van der Waals surface area contributed by atoms with Crippen molar-refractivity contribution < 1.29 is 0 Å². The van der Waals surface area contributed by atoms with Crippen LogP contribution in [0, 0.1) is 6.92 Å². The smallest absolute Gasteiger partial charge is 0.262 e. The first-order valence-corrected chi connectivity index (χ1v) is 10.2. The lowest BCUT2D eigenvalue weighted by Gasteiger charge is -2.12. The number of fused-ring (bicyclic) bond motifs is 2. The second-order valence-electron chi connectivity index (χ2n) is 7.05. The van der Waals surface area contributed by atoms with Gasteiger partial charge in [-0.25, -0.2) is 9.97 Å². The van der Waals surface area contributed by atoms with Crippen LogP contribution in [-0.4, -0.2) is 18.9 Å². The molecule has 0 saturated heterocycles. The van der Waals surface area contributed by atoms with Gasteiger partial charge in [0.05, 0.1) is 16.6 Å². The molecule has 1 saturated carbocycles. The first-order chi connectivity index (χ1) is 13.6. The van der Waals surface area contributed by atoms with Crippen molar-refractivity contribution in [3.63, 3.8) is 0 Å². The summed E-state index contributed by atoms with van der Waals surface area (Å²) in [6.07, 6.45) is 2.00. The first-order valence-electron chi connectivity index (χ1n) is 9.24. The fourth-order valence-corrected chi connectivity index (χ4v) is 4.42. The van der Waals surface area contributed by atoms with E-state index in [0.717, 1.165) is 18.5 Å². The third-order valence-corrected chi connectivity index (χ3v) is 5.96. The van der Waals surface area contributed by atoms with Crippen molar-refractivity contribution in [1.82, 2.24) is 18.9 Å². The molecule has 1 fully saturated rings. The van der Waals surface area contributed by atoms with Crippen LogP contribution in [0.4, 0.5) is 0 Å². The van der Waals surface area contributed by atoms with Crippen molar-refractivity contribution >= 4 is 28.3 Å². The Labute approximate surface area is 164 Å². The van der Waals surface area contributed by atoms with Crippen LogP contribution in [0.1, 0.15) is 30.3 Å². The van der Waals surface area contributed by atoms with Gasteiger partial charge in [0.25, 0.3) is 11.1 Å². The summed E-state index contributed by atoms with van der Waals surface area (Å²) in [6, 6.07) is 14.8. The van der Waals surface area contributed by atoms with Crippen molar-refractivity contribution in [2.24, 2.45) is 0 Å². The molecule has 0 radical (unpaired) electrons. The zero-order valence-corrected chi connectivity index (χ0v) is 16.1. The molecule has 28 heavy (non-hydrogen) atoms. The predicted molar refractivity (Wildman–Crippen MR) is 110 cm³/mol. The zero-order valence-electron chi connectivity index (χ0n) is 15.3. The van der Waals surface area contributed by atoms with Crippen LogP contribution in [0.3, 0.4) is 0 Å². The largest absolute Gasteiger partial charge is 0.284 e. The topological polar surface area (TPSA) is 69.3 Å². The van der Waals surface area contributed by atoms with Crippen molar-refractivity contribution in [2.75, 3.05) is 0 Å². The second kappa shape index (κ2) is 6.60. The summed E-state index contributed by atoms with van der Waals surface area (Å²) < 4.78 is 3.41. The summed E-state index contributed by atoms with van der Waals surface area (Å²) in [4.78, 5) is 34.8. The Balaban J connectivity index is 1.54. The molecule has 1 aromatic carbocycles. The van der Waals surface area contributed by atoms with Gasteiger partial charge in [0, 0.05) is 23.6 Å². The van der Waals surface area contributed by atoms with E-state index in [1.165, 1.54) is 11.8 Å². The highest BCUT2D eigenvalue weighted by molar-refractivity contribution is 7.98. The monoisotopic (exact) mass is 390 g/mol. The molecule has 0 N–H and O–H groups in total. The summed E-state index contributed by atoms with van der Waals surface area (Å²) in [5.41, 5.74) is 2.80. The lowest BCUT2D eigenvalue weighted by Crippen LogP contribution is -2.22. The van der Waals surface area contributed by atoms with Gasteiger partial charge in [0.2, 0.25) is 0 Å². The highest BCUT2D eigenvalue weighted by Crippen LogP contribution is 2.37. The van der Waals surface area contributed by atoms with E-state index in [0.29, 0.717) is 33.2 Å². The maximum atomic E-state index is 12.9. The Bertz CT molecular complexity index is 1340. The summed E-state index contributed by atoms with van der Waals surface area (Å²) in [6.45, 7) is 1.89. The molecule has 0 amide bonds. The molecule has 6 nitrogen and oxygen atoms in total. The molecule has 1 aliphatic carbocycles. The molecule has 140 valence electrons. The van der Waals surface area contributed by atoms with E-state index in [-0.39, 0.29) is 17.2 Å². The first kappa shape index (κ1) is 17.2. The van der Waals surface area contributed by atoms with Gasteiger partial charge in [-0.2, -0.15) is 0 Å². The molecule has 3 heterocycles. The quantitative estimate of drug-likeness (QED) is 0.395. The number of aromatic nitrogens is 4. The number of thioether (sulfide) groups is 1. The Morgan fingerprint density at radius 2 is 1.89 bits per heavy atom. The number of para-hydroxylation sites is 1. The lowest BCUT2D eigenvalue weighted by molar-refractivity contribution is 0.618. The Morgan fingerprint density at radius 1 is 1.07 bits per heavy atom. The van der Waals surface area contributed by atoms with E-state index in [1.807, 2.05) is 54.0 Å². The molecule has 4 aromatic rings. The van der Waals surface area contributed by atoms with Crippen molar-refractivity contribution in [3.05, 3.63) is 80.6 Å². The number of pyridine rings is 1. The predicted octanol–water partition coefficient (Wildman–Crippen LogP) is 3.34. The van der Waals surface area contributed by atoms with Gasteiger partial charge in [-0.1, -0.05) is 30.0 Å². The van der Waals surface area contributed by atoms with E-state index < -0.39 is 0 Å². The van der Waals surface area contributed by atoms with Crippen LogP contribution in [0.5, 0.6) is 0 Å². The highest BCUT2D eigenvalue weighted by atomic mass is 32.2. The third kappa shape index (κ3) is 2.92. The van der Waals surface area contributed by atoms with Crippen LogP contribution in [-0.2, 0) is 5.75 Å². The van der Waals surface area contributed by atoms with Crippen molar-refractivity contribution in [1.29, 1.82) is 0 Å². The molecular weight excluding hydrogens is 372 g/mol. The van der Waals surface area contributed by atoms with Crippen molar-refractivity contribution in [2.45, 2.75) is 36.7 Å². The second-order valence-corrected chi connectivity index (χ2v) is 8.00. The average molecular weight is 390 g/mol. The third-order valence-electron chi connectivity index (χ3n) is 4.97. The number of nitrogens with zero attached hydrogens (tertiary/aromatic N) is 4. The molecule has 3 aromatic heterocycles. The van der Waals surface area contributed by atoms with E-state index in [4.69, 9.17) is 4.98 Å². The number of aryl methyl sites for hydroxylation is 1. The van der Waals surface area contributed by atoms with E-state index in [1.54, 1.807) is 10.5 Å². The normalized spacial score (nSPS) is 14.0. The van der Waals surface area contributed by atoms with Crippen LogP contribution in [0.2, 0.25) is 0 Å². The van der Waals surface area contributed by atoms with Gasteiger partial charge in [-0.15, -0.1) is 0 Å². The molecule has 7 heteroatoms. The van der Waals surface area contributed by atoms with Gasteiger partial charge in [-0.05, 0) is 44.0 Å². The summed E-state index contributed by atoms with van der Waals surface area (Å²) in [7, 11) is 0. The number of benzene rings is 1. The van der Waals surface area contributed by atoms with Crippen molar-refractivity contribution in [3.8, 4) is 0 Å². The highest BCUT2D eigenvalue weighted by Gasteiger charge is 2.28. The molecule has 0 atom stereocenters. The van der Waals surface area contributed by atoms with Gasteiger partial charge < -0.3 is 0 Å². The number of hydrogen-bond acceptors (Lipinski definition) is 5. The standard InChI is InChI=1S/C21H18N4O2S/c1-13-5-4-8-18-22-14(11-19(26)24(13)18)12-28-21-23-17-7-3-2-6-16(17)20(27)25(21)15-9-10-15/h2-8,11,15H,9-10,12H2,1H3. The number of rotatable bonds is 4. The van der Waals surface area contributed by atoms with E-state index in [9.17, 15) is 9.59 Å². The minimum Gasteiger partial charge on any atom is -0.284 e. The Kier molecular flexibility index (Phi) is 4.05. The van der Waals surface area contributed by atoms with Crippen LogP contribution >= 0.6 is 11.8 Å². The fraction of sp³-hybridized carbons (Fsp3) is 0.238. The Hall–Kier alpha value is -2.93. The molecule has 0 unspecified atom stereocenters. The molecular formula is C21H18N4O2S. The zero-order chi connectivity index (χ0) is 19.3. The van der Waals surface area contributed by atoms with Gasteiger partial charge in [0.1, 0.15) is 5.65 Å². The molecule has 0 aliphatic heterocycles. The SMILES string of the molecule is Cc1cccc2nc(CSc3nc4ccccc4c(=O)n3C3CC3)cc(=O)n12. The summed E-state index contributed by atoms with van der Waals surface area (Å²) >= 11 is 1.46. The maximum Gasteiger partial charge on any atom is 0.262 e. The number of hydrogen-bond donors (Lipinski definition) is 0. The minimum absolute atomic E-state index is 0.0118.